The van der Waals surface area contributed by atoms with Gasteiger partial charge in [-0.2, -0.15) is 5.26 Å². The number of nitriles is 1. The number of hydrogen-bond acceptors (Lipinski definition) is 4. The molecule has 0 aliphatic carbocycles. The molecule has 0 saturated carbocycles. The number of anilines is 1. The second-order valence-corrected chi connectivity index (χ2v) is 4.27. The standard InChI is InChI=1S/C14H19FN2O2/c1-11(10-19-3)17(6-7-18-2)14-5-4-12(9-16)8-13(14)15/h4-5,8,11H,6-7,10H2,1-3H3. The Kier molecular flexibility index (Phi) is 6.26. The van der Waals surface area contributed by atoms with Gasteiger partial charge in [-0.05, 0) is 25.1 Å². The van der Waals surface area contributed by atoms with Gasteiger partial charge in [0.15, 0.2) is 0 Å². The molecule has 1 aromatic carbocycles. The van der Waals surface area contributed by atoms with Gasteiger partial charge in [-0.1, -0.05) is 0 Å². The van der Waals surface area contributed by atoms with E-state index in [4.69, 9.17) is 14.7 Å². The van der Waals surface area contributed by atoms with E-state index in [1.165, 1.54) is 6.07 Å². The van der Waals surface area contributed by atoms with Crippen molar-refractivity contribution in [3.8, 4) is 6.07 Å². The van der Waals surface area contributed by atoms with Crippen LogP contribution in [-0.4, -0.2) is 40.0 Å². The Labute approximate surface area is 113 Å². The number of hydrogen-bond donors (Lipinski definition) is 0. The Morgan fingerprint density at radius 3 is 2.63 bits per heavy atom. The van der Waals surface area contributed by atoms with Gasteiger partial charge in [0.2, 0.25) is 0 Å². The van der Waals surface area contributed by atoms with Crippen LogP contribution in [0.3, 0.4) is 0 Å². The molecule has 4 nitrogen and oxygen atoms in total. The zero-order valence-corrected chi connectivity index (χ0v) is 11.5. The summed E-state index contributed by atoms with van der Waals surface area (Å²) in [5, 5.41) is 8.76. The Balaban J connectivity index is 2.99. The largest absolute Gasteiger partial charge is 0.383 e. The smallest absolute Gasteiger partial charge is 0.147 e. The fourth-order valence-electron chi connectivity index (χ4n) is 1.91. The summed E-state index contributed by atoms with van der Waals surface area (Å²) in [7, 11) is 3.22. The molecule has 1 aromatic rings. The Morgan fingerprint density at radius 1 is 1.37 bits per heavy atom. The summed E-state index contributed by atoms with van der Waals surface area (Å²) in [6.07, 6.45) is 0. The first-order chi connectivity index (χ1) is 9.13. The molecule has 0 fully saturated rings. The van der Waals surface area contributed by atoms with Gasteiger partial charge in [0, 0.05) is 26.8 Å². The third kappa shape index (κ3) is 4.19. The zero-order chi connectivity index (χ0) is 14.3. The van der Waals surface area contributed by atoms with E-state index in [1.54, 1.807) is 26.4 Å². The molecule has 19 heavy (non-hydrogen) atoms. The number of methoxy groups -OCH3 is 2. The third-order valence-corrected chi connectivity index (χ3v) is 2.86. The Bertz CT molecular complexity index is 446. The van der Waals surface area contributed by atoms with Gasteiger partial charge < -0.3 is 14.4 Å². The minimum atomic E-state index is -0.405. The summed E-state index contributed by atoms with van der Waals surface area (Å²) in [5.41, 5.74) is 0.771. The van der Waals surface area contributed by atoms with Gasteiger partial charge in [0.1, 0.15) is 5.82 Å². The van der Waals surface area contributed by atoms with Gasteiger partial charge in [-0.15, -0.1) is 0 Å². The molecule has 0 saturated heterocycles. The van der Waals surface area contributed by atoms with Crippen molar-refractivity contribution >= 4 is 5.69 Å². The first-order valence-corrected chi connectivity index (χ1v) is 6.08. The number of ether oxygens (including phenoxy) is 2. The molecule has 0 N–H and O–H groups in total. The van der Waals surface area contributed by atoms with E-state index in [-0.39, 0.29) is 6.04 Å². The molecule has 0 heterocycles. The van der Waals surface area contributed by atoms with Crippen LogP contribution in [-0.2, 0) is 9.47 Å². The van der Waals surface area contributed by atoms with Crippen LogP contribution < -0.4 is 4.90 Å². The number of rotatable bonds is 7. The summed E-state index contributed by atoms with van der Waals surface area (Å²) in [5.74, 6) is -0.405. The highest BCUT2D eigenvalue weighted by Gasteiger charge is 2.18. The predicted molar refractivity (Wildman–Crippen MR) is 71.7 cm³/mol. The second-order valence-electron chi connectivity index (χ2n) is 4.27. The molecule has 1 rings (SSSR count). The minimum Gasteiger partial charge on any atom is -0.383 e. The zero-order valence-electron chi connectivity index (χ0n) is 11.5. The summed E-state index contributed by atoms with van der Waals surface area (Å²) in [6.45, 7) is 3.50. The van der Waals surface area contributed by atoms with Crippen molar-refractivity contribution in [3.05, 3.63) is 29.6 Å². The molecule has 0 radical (unpaired) electrons. The quantitative estimate of drug-likeness (QED) is 0.759. The maximum absolute atomic E-state index is 14.0. The summed E-state index contributed by atoms with van der Waals surface area (Å²) >= 11 is 0. The van der Waals surface area contributed by atoms with Gasteiger partial charge in [0.25, 0.3) is 0 Å². The molecule has 0 bridgehead atoms. The van der Waals surface area contributed by atoms with Crippen LogP contribution in [0.4, 0.5) is 10.1 Å². The van der Waals surface area contributed by atoms with E-state index in [0.29, 0.717) is 31.0 Å². The van der Waals surface area contributed by atoms with Crippen LogP contribution in [0, 0.1) is 17.1 Å². The first-order valence-electron chi connectivity index (χ1n) is 6.08. The van der Waals surface area contributed by atoms with E-state index in [9.17, 15) is 4.39 Å². The predicted octanol–water partition coefficient (Wildman–Crippen LogP) is 2.19. The summed E-state index contributed by atoms with van der Waals surface area (Å²) in [4.78, 5) is 1.88. The lowest BCUT2D eigenvalue weighted by Crippen LogP contribution is -2.39. The SMILES string of the molecule is COCCN(c1ccc(C#N)cc1F)C(C)COC. The van der Waals surface area contributed by atoms with Gasteiger partial charge in [-0.25, -0.2) is 4.39 Å². The molecule has 1 unspecified atom stereocenters. The molecule has 0 aliphatic rings. The monoisotopic (exact) mass is 266 g/mol. The van der Waals surface area contributed by atoms with Gasteiger partial charge in [-0.3, -0.25) is 0 Å². The van der Waals surface area contributed by atoms with E-state index < -0.39 is 5.82 Å². The van der Waals surface area contributed by atoms with Crippen LogP contribution >= 0.6 is 0 Å². The van der Waals surface area contributed by atoms with Crippen molar-refractivity contribution in [1.82, 2.24) is 0 Å². The lowest BCUT2D eigenvalue weighted by atomic mass is 10.1. The average Bonchev–Trinajstić information content (AvgIpc) is 2.40. The second kappa shape index (κ2) is 7.72. The van der Waals surface area contributed by atoms with E-state index in [1.807, 2.05) is 17.9 Å². The lowest BCUT2D eigenvalue weighted by Gasteiger charge is -2.31. The highest BCUT2D eigenvalue weighted by atomic mass is 19.1. The molecule has 5 heteroatoms. The summed E-state index contributed by atoms with van der Waals surface area (Å²) in [6, 6.07) is 6.41. The van der Waals surface area contributed by atoms with Crippen LogP contribution in [0.2, 0.25) is 0 Å². The van der Waals surface area contributed by atoms with Crippen molar-refractivity contribution in [1.29, 1.82) is 5.26 Å². The molecular weight excluding hydrogens is 247 g/mol. The van der Waals surface area contributed by atoms with Crippen LogP contribution in [0.1, 0.15) is 12.5 Å². The van der Waals surface area contributed by atoms with Crippen LogP contribution in [0.25, 0.3) is 0 Å². The molecule has 1 atom stereocenters. The number of nitrogens with zero attached hydrogens (tertiary/aromatic N) is 2. The molecule has 104 valence electrons. The lowest BCUT2D eigenvalue weighted by molar-refractivity contribution is 0.170. The molecule has 0 amide bonds. The fraction of sp³-hybridized carbons (Fsp3) is 0.500. The van der Waals surface area contributed by atoms with Crippen LogP contribution in [0.15, 0.2) is 18.2 Å². The first kappa shape index (κ1) is 15.4. The van der Waals surface area contributed by atoms with Crippen molar-refractivity contribution in [2.45, 2.75) is 13.0 Å². The molecular formula is C14H19FN2O2. The van der Waals surface area contributed by atoms with Gasteiger partial charge >= 0.3 is 0 Å². The van der Waals surface area contributed by atoms with Crippen molar-refractivity contribution < 1.29 is 13.9 Å². The van der Waals surface area contributed by atoms with Crippen LogP contribution in [0.5, 0.6) is 0 Å². The maximum atomic E-state index is 14.0. The summed E-state index contributed by atoms with van der Waals surface area (Å²) < 4.78 is 24.2. The highest BCUT2D eigenvalue weighted by molar-refractivity contribution is 5.52. The molecule has 0 aliphatic heterocycles. The highest BCUT2D eigenvalue weighted by Crippen LogP contribution is 2.22. The topological polar surface area (TPSA) is 45.5 Å². The molecule has 0 aromatic heterocycles. The Hall–Kier alpha value is -1.64. The van der Waals surface area contributed by atoms with Gasteiger partial charge in [0.05, 0.1) is 30.5 Å². The van der Waals surface area contributed by atoms with Crippen molar-refractivity contribution in [2.75, 3.05) is 38.9 Å². The van der Waals surface area contributed by atoms with E-state index >= 15 is 0 Å². The number of benzene rings is 1. The van der Waals surface area contributed by atoms with Crippen molar-refractivity contribution in [3.63, 3.8) is 0 Å². The van der Waals surface area contributed by atoms with E-state index in [2.05, 4.69) is 0 Å². The number of halogens is 1. The minimum absolute atomic E-state index is 0.0163. The fourth-order valence-corrected chi connectivity index (χ4v) is 1.91. The average molecular weight is 266 g/mol. The molecule has 0 spiro atoms. The van der Waals surface area contributed by atoms with Crippen molar-refractivity contribution in [2.24, 2.45) is 0 Å². The Morgan fingerprint density at radius 2 is 2.11 bits per heavy atom. The normalized spacial score (nSPS) is 11.9. The maximum Gasteiger partial charge on any atom is 0.147 e. The van der Waals surface area contributed by atoms with E-state index in [0.717, 1.165) is 0 Å². The third-order valence-electron chi connectivity index (χ3n) is 2.86.